The first-order chi connectivity index (χ1) is 20.8. The molecule has 0 amide bonds. The molecular formula is C37H21BN2OS. The van der Waals surface area contributed by atoms with E-state index in [1.807, 2.05) is 11.8 Å². The third-order valence-corrected chi connectivity index (χ3v) is 10.5. The van der Waals surface area contributed by atoms with Crippen LogP contribution in [0.2, 0.25) is 0 Å². The molecule has 0 bridgehead atoms. The van der Waals surface area contributed by atoms with E-state index in [-0.39, 0.29) is 6.85 Å². The predicted octanol–water partition coefficient (Wildman–Crippen LogP) is 8.46. The van der Waals surface area contributed by atoms with Crippen molar-refractivity contribution in [3.63, 3.8) is 0 Å². The summed E-state index contributed by atoms with van der Waals surface area (Å²) in [5.74, 6) is 0. The second-order valence-corrected chi connectivity index (χ2v) is 12.5. The first-order valence-electron chi connectivity index (χ1n) is 14.4. The molecule has 6 aromatic carbocycles. The molecule has 194 valence electrons. The lowest BCUT2D eigenvalue weighted by atomic mass is 9.45. The number of aromatic nitrogens is 2. The molecule has 2 aliphatic heterocycles. The van der Waals surface area contributed by atoms with Gasteiger partial charge in [0.25, 0.3) is 0 Å². The summed E-state index contributed by atoms with van der Waals surface area (Å²) in [7, 11) is 0. The second kappa shape index (κ2) is 7.31. The third kappa shape index (κ3) is 2.34. The van der Waals surface area contributed by atoms with Crippen LogP contribution in [0.5, 0.6) is 0 Å². The highest BCUT2D eigenvalue weighted by atomic mass is 32.2. The third-order valence-electron chi connectivity index (χ3n) is 9.76. The van der Waals surface area contributed by atoms with Crippen molar-refractivity contribution in [2.45, 2.75) is 4.90 Å². The van der Waals surface area contributed by atoms with Gasteiger partial charge in [-0.05, 0) is 59.1 Å². The van der Waals surface area contributed by atoms with Gasteiger partial charge in [-0.25, -0.2) is 0 Å². The second-order valence-electron chi connectivity index (χ2n) is 11.6. The van der Waals surface area contributed by atoms with Gasteiger partial charge in [0.1, 0.15) is 5.58 Å². The Balaban J connectivity index is 1.49. The van der Waals surface area contributed by atoms with E-state index in [0.29, 0.717) is 0 Å². The summed E-state index contributed by atoms with van der Waals surface area (Å²) in [6, 6.07) is 40.3. The quantitative estimate of drug-likeness (QED) is 0.151. The first kappa shape index (κ1) is 21.8. The number of fused-ring (bicyclic) bond motifs is 14. The zero-order valence-electron chi connectivity index (χ0n) is 22.7. The molecule has 2 aliphatic rings. The van der Waals surface area contributed by atoms with Crippen molar-refractivity contribution in [3.8, 4) is 16.8 Å². The molecule has 0 N–H and O–H groups in total. The van der Waals surface area contributed by atoms with Gasteiger partial charge in [0.05, 0.1) is 16.7 Å². The number of para-hydroxylation sites is 4. The monoisotopic (exact) mass is 552 g/mol. The van der Waals surface area contributed by atoms with Crippen LogP contribution in [0.3, 0.4) is 0 Å². The molecular weight excluding hydrogens is 531 g/mol. The average molecular weight is 552 g/mol. The van der Waals surface area contributed by atoms with Gasteiger partial charge in [0.15, 0.2) is 5.58 Å². The minimum Gasteiger partial charge on any atom is -0.454 e. The molecule has 0 unspecified atom stereocenters. The molecule has 5 heterocycles. The lowest BCUT2D eigenvalue weighted by Gasteiger charge is -2.34. The van der Waals surface area contributed by atoms with Crippen LogP contribution in [0.4, 0.5) is 0 Å². The minimum absolute atomic E-state index is 0.0244. The molecule has 0 spiro atoms. The molecule has 0 saturated heterocycles. The van der Waals surface area contributed by atoms with Crippen molar-refractivity contribution in [3.05, 3.63) is 109 Å². The summed E-state index contributed by atoms with van der Waals surface area (Å²) in [6.07, 6.45) is 2.19. The van der Waals surface area contributed by atoms with E-state index in [9.17, 15) is 0 Å². The first-order valence-corrected chi connectivity index (χ1v) is 15.7. The Kier molecular flexibility index (Phi) is 3.80. The highest BCUT2D eigenvalue weighted by molar-refractivity contribution is 7.98. The Morgan fingerprint density at radius 2 is 1.36 bits per heavy atom. The molecule has 9 aromatic rings. The molecule has 5 heteroatoms. The molecule has 0 fully saturated rings. The average Bonchev–Trinajstić information content (AvgIpc) is 3.70. The standard InChI is InChI=1S/C37H21BN2OS/c1-42-20-17-27-22-10-2-5-14-30(22)39-35(27)29(18-20)38-33-26(19-28-23-11-4-7-16-32(23)41-37(28)36(33)39)25-13-8-12-24-21-9-3-6-15-31(21)40(38)34(24)25/h2-19H,1H3. The van der Waals surface area contributed by atoms with E-state index in [4.69, 9.17) is 4.42 Å². The normalized spacial score (nSPS) is 13.4. The van der Waals surface area contributed by atoms with Gasteiger partial charge in [0, 0.05) is 53.8 Å². The van der Waals surface area contributed by atoms with E-state index in [1.165, 1.54) is 81.6 Å². The molecule has 0 aliphatic carbocycles. The highest BCUT2D eigenvalue weighted by Crippen LogP contribution is 2.46. The number of furan rings is 1. The summed E-state index contributed by atoms with van der Waals surface area (Å²) < 4.78 is 12.0. The largest absolute Gasteiger partial charge is 0.454 e. The van der Waals surface area contributed by atoms with Crippen LogP contribution in [0.25, 0.3) is 82.4 Å². The van der Waals surface area contributed by atoms with E-state index >= 15 is 0 Å². The minimum atomic E-state index is 0.0244. The topological polar surface area (TPSA) is 23.0 Å². The van der Waals surface area contributed by atoms with Crippen molar-refractivity contribution in [1.29, 1.82) is 0 Å². The van der Waals surface area contributed by atoms with Gasteiger partial charge in [-0.3, -0.25) is 0 Å². The summed E-state index contributed by atoms with van der Waals surface area (Å²) in [5, 5.41) is 7.55. The van der Waals surface area contributed by atoms with Crippen LogP contribution in [0.15, 0.2) is 119 Å². The zero-order chi connectivity index (χ0) is 27.3. The molecule has 0 atom stereocenters. The van der Waals surface area contributed by atoms with Crippen LogP contribution in [0.1, 0.15) is 0 Å². The lowest BCUT2D eigenvalue weighted by molar-refractivity contribution is 0.667. The maximum Gasteiger partial charge on any atom is 0.333 e. The van der Waals surface area contributed by atoms with Crippen molar-refractivity contribution >= 4 is 95.1 Å². The van der Waals surface area contributed by atoms with Gasteiger partial charge in [-0.15, -0.1) is 11.8 Å². The van der Waals surface area contributed by atoms with Crippen molar-refractivity contribution < 1.29 is 4.42 Å². The number of rotatable bonds is 1. The fraction of sp³-hybridized carbons (Fsp3) is 0.0270. The number of nitrogens with zero attached hydrogens (tertiary/aromatic N) is 2. The van der Waals surface area contributed by atoms with Crippen molar-refractivity contribution in [1.82, 2.24) is 9.05 Å². The number of thioether (sulfide) groups is 1. The Labute approximate surface area is 245 Å². The van der Waals surface area contributed by atoms with Crippen molar-refractivity contribution in [2.24, 2.45) is 0 Å². The zero-order valence-corrected chi connectivity index (χ0v) is 23.5. The molecule has 11 rings (SSSR count). The smallest absolute Gasteiger partial charge is 0.333 e. The Morgan fingerprint density at radius 3 is 2.21 bits per heavy atom. The Bertz CT molecular complexity index is 2690. The molecule has 0 radical (unpaired) electrons. The number of hydrogen-bond acceptors (Lipinski definition) is 2. The van der Waals surface area contributed by atoms with Crippen LogP contribution in [-0.2, 0) is 0 Å². The van der Waals surface area contributed by atoms with Gasteiger partial charge in [0.2, 0.25) is 0 Å². The fourth-order valence-electron chi connectivity index (χ4n) is 8.20. The molecule has 0 saturated carbocycles. The van der Waals surface area contributed by atoms with Gasteiger partial charge in [-0.1, -0.05) is 72.8 Å². The van der Waals surface area contributed by atoms with Crippen LogP contribution >= 0.6 is 11.8 Å². The lowest BCUT2D eigenvalue weighted by Crippen LogP contribution is -2.55. The summed E-state index contributed by atoms with van der Waals surface area (Å²) in [5.41, 5.74) is 13.5. The SMILES string of the molecule is CSc1cc2c3c(c1)c1ccccc1n3-c1c3c(cc4c1oc1ccccc14)-c1cccc4c5ccccc5n(c14)B32. The van der Waals surface area contributed by atoms with Gasteiger partial charge in [-0.2, -0.15) is 0 Å². The van der Waals surface area contributed by atoms with Gasteiger partial charge >= 0.3 is 6.85 Å². The van der Waals surface area contributed by atoms with E-state index in [0.717, 1.165) is 16.6 Å². The van der Waals surface area contributed by atoms with E-state index in [2.05, 4.69) is 124 Å². The maximum atomic E-state index is 6.83. The molecule has 3 aromatic heterocycles. The van der Waals surface area contributed by atoms with Crippen LogP contribution < -0.4 is 10.9 Å². The van der Waals surface area contributed by atoms with Crippen molar-refractivity contribution in [2.75, 3.05) is 6.26 Å². The molecule has 3 nitrogen and oxygen atoms in total. The Morgan fingerprint density at radius 1 is 0.619 bits per heavy atom. The number of hydrogen-bond donors (Lipinski definition) is 0. The van der Waals surface area contributed by atoms with E-state index in [1.54, 1.807) is 0 Å². The highest BCUT2D eigenvalue weighted by Gasteiger charge is 2.43. The van der Waals surface area contributed by atoms with E-state index < -0.39 is 0 Å². The van der Waals surface area contributed by atoms with Crippen LogP contribution in [-0.4, -0.2) is 22.1 Å². The predicted molar refractivity (Wildman–Crippen MR) is 179 cm³/mol. The Hall–Kier alpha value is -4.87. The summed E-state index contributed by atoms with van der Waals surface area (Å²) >= 11 is 1.82. The number of benzene rings is 6. The summed E-state index contributed by atoms with van der Waals surface area (Å²) in [4.78, 5) is 1.29. The summed E-state index contributed by atoms with van der Waals surface area (Å²) in [6.45, 7) is 0.0244. The van der Waals surface area contributed by atoms with Gasteiger partial charge < -0.3 is 13.5 Å². The van der Waals surface area contributed by atoms with Crippen LogP contribution in [0, 0.1) is 0 Å². The molecule has 42 heavy (non-hydrogen) atoms. The fourth-order valence-corrected chi connectivity index (χ4v) is 8.68. The maximum absolute atomic E-state index is 6.83.